The number of likely N-dealkylation sites (tertiary alicyclic amines) is 2. The zero-order chi connectivity index (χ0) is 55.7. The van der Waals surface area contributed by atoms with Crippen LogP contribution in [0.3, 0.4) is 0 Å². The molecular weight excluding hydrogens is 989 g/mol. The second-order valence-corrected chi connectivity index (χ2v) is 19.9. The number of unbranched alkanes of at least 4 members (excludes halogenated alkanes) is 3. The van der Waals surface area contributed by atoms with E-state index in [0.717, 1.165) is 68.9 Å². The van der Waals surface area contributed by atoms with Gasteiger partial charge in [-0.2, -0.15) is 10.5 Å². The summed E-state index contributed by atoms with van der Waals surface area (Å²) in [6.07, 6.45) is 7.93. The van der Waals surface area contributed by atoms with E-state index in [0.29, 0.717) is 124 Å². The summed E-state index contributed by atoms with van der Waals surface area (Å²) in [7, 11) is 0. The van der Waals surface area contributed by atoms with E-state index in [1.165, 1.54) is 11.1 Å². The molecule has 19 heteroatoms. The monoisotopic (exact) mass is 1060 g/mol. The minimum absolute atomic E-state index is 0.0348. The molecule has 4 aromatic carbocycles. The summed E-state index contributed by atoms with van der Waals surface area (Å²) in [5, 5.41) is 37.7. The SMILES string of the molecule is CCCCNC(=O)NCCNC(=O)Nc1cc(C(=O)N2CCC(c3ccc(C#N)cc3)CC2)ccc1C.Cc1ccc(C(=O)N2CCC(c3ccc(C#N)cc3)CC2)cc1NC(=O)NCCCCCNC(=O)N1CCOCC1. The van der Waals surface area contributed by atoms with Gasteiger partial charge in [0.05, 0.1) is 36.5 Å². The number of ether oxygens (including phenoxy) is 1. The average Bonchev–Trinajstić information content (AvgIpc) is 3.48. The van der Waals surface area contributed by atoms with E-state index in [1.807, 2.05) is 90.4 Å². The highest BCUT2D eigenvalue weighted by molar-refractivity contribution is 5.98. The molecule has 3 fully saturated rings. The van der Waals surface area contributed by atoms with Crippen molar-refractivity contribution < 1.29 is 33.5 Å². The summed E-state index contributed by atoms with van der Waals surface area (Å²) in [5.74, 6) is 0.652. The maximum Gasteiger partial charge on any atom is 0.319 e. The molecule has 3 heterocycles. The molecule has 0 bridgehead atoms. The van der Waals surface area contributed by atoms with Crippen molar-refractivity contribution in [3.05, 3.63) is 129 Å². The van der Waals surface area contributed by atoms with Crippen molar-refractivity contribution in [2.24, 2.45) is 0 Å². The van der Waals surface area contributed by atoms with Crippen LogP contribution in [0, 0.1) is 36.5 Å². The molecule has 78 heavy (non-hydrogen) atoms. The Morgan fingerprint density at radius 3 is 1.36 bits per heavy atom. The molecule has 3 aliphatic heterocycles. The molecule has 0 unspecified atom stereocenters. The van der Waals surface area contributed by atoms with Crippen LogP contribution in [-0.4, -0.2) is 136 Å². The Hall–Kier alpha value is -8.16. The highest BCUT2D eigenvalue weighted by Crippen LogP contribution is 2.31. The minimum Gasteiger partial charge on any atom is -0.378 e. The predicted octanol–water partition coefficient (Wildman–Crippen LogP) is 8.33. The number of carbonyl (C=O) groups excluding carboxylic acids is 6. The van der Waals surface area contributed by atoms with Gasteiger partial charge in [0.15, 0.2) is 0 Å². The van der Waals surface area contributed by atoms with Gasteiger partial charge in [-0.15, -0.1) is 0 Å². The molecule has 414 valence electrons. The number of benzene rings is 4. The molecule has 3 aliphatic rings. The van der Waals surface area contributed by atoms with E-state index in [-0.39, 0.29) is 36.5 Å². The lowest BCUT2D eigenvalue weighted by Crippen LogP contribution is -2.46. The smallest absolute Gasteiger partial charge is 0.319 e. The molecular formula is C59H76N12O7. The second-order valence-electron chi connectivity index (χ2n) is 19.9. The van der Waals surface area contributed by atoms with Crippen LogP contribution in [0.15, 0.2) is 84.9 Å². The number of hydrogen-bond donors (Lipinski definition) is 7. The number of piperidine rings is 2. The molecule has 4 aromatic rings. The number of anilines is 2. The summed E-state index contributed by atoms with van der Waals surface area (Å²) in [5.41, 5.74) is 7.71. The lowest BCUT2D eigenvalue weighted by Gasteiger charge is -2.32. The van der Waals surface area contributed by atoms with Crippen molar-refractivity contribution in [1.82, 2.24) is 41.3 Å². The molecule has 7 rings (SSSR count). The molecule has 19 nitrogen and oxygen atoms in total. The minimum atomic E-state index is -0.399. The molecule has 7 N–H and O–H groups in total. The lowest BCUT2D eigenvalue weighted by molar-refractivity contribution is 0.0532. The highest BCUT2D eigenvalue weighted by Gasteiger charge is 2.27. The summed E-state index contributed by atoms with van der Waals surface area (Å²) in [4.78, 5) is 80.5. The Kier molecular flexibility index (Phi) is 23.6. The van der Waals surface area contributed by atoms with Gasteiger partial charge in [-0.3, -0.25) is 9.59 Å². The van der Waals surface area contributed by atoms with Crippen LogP contribution in [-0.2, 0) is 4.74 Å². The number of morpholine rings is 1. The Balaban J connectivity index is 0.000000254. The predicted molar refractivity (Wildman–Crippen MR) is 300 cm³/mol. The molecule has 0 saturated carbocycles. The third-order valence-electron chi connectivity index (χ3n) is 14.3. The maximum absolute atomic E-state index is 13.2. The normalized spacial score (nSPS) is 14.6. The Morgan fingerprint density at radius 2 is 0.910 bits per heavy atom. The van der Waals surface area contributed by atoms with Crippen LogP contribution < -0.4 is 37.2 Å². The molecule has 0 aromatic heterocycles. The van der Waals surface area contributed by atoms with Gasteiger partial charge in [0, 0.05) is 94.5 Å². The topological polar surface area (TPSA) is 253 Å². The van der Waals surface area contributed by atoms with Crippen LogP contribution in [0.25, 0.3) is 0 Å². The second kappa shape index (κ2) is 31.2. The van der Waals surface area contributed by atoms with E-state index in [2.05, 4.69) is 56.3 Å². The van der Waals surface area contributed by atoms with Gasteiger partial charge < -0.3 is 56.7 Å². The Morgan fingerprint density at radius 1 is 0.500 bits per heavy atom. The number of urea groups is 4. The zero-order valence-electron chi connectivity index (χ0n) is 45.4. The third-order valence-corrected chi connectivity index (χ3v) is 14.3. The van der Waals surface area contributed by atoms with Crippen LogP contribution in [0.4, 0.5) is 30.6 Å². The molecule has 0 spiro atoms. The van der Waals surface area contributed by atoms with Crippen LogP contribution in [0.5, 0.6) is 0 Å². The quantitative estimate of drug-likeness (QED) is 0.0472. The van der Waals surface area contributed by atoms with E-state index >= 15 is 0 Å². The number of hydrogen-bond acceptors (Lipinski definition) is 9. The van der Waals surface area contributed by atoms with Crippen molar-refractivity contribution in [1.29, 1.82) is 10.5 Å². The van der Waals surface area contributed by atoms with E-state index in [9.17, 15) is 28.8 Å². The number of aryl methyl sites for hydroxylation is 2. The van der Waals surface area contributed by atoms with E-state index in [1.54, 1.807) is 23.1 Å². The van der Waals surface area contributed by atoms with Crippen molar-refractivity contribution in [2.75, 3.05) is 95.8 Å². The fourth-order valence-corrected chi connectivity index (χ4v) is 9.46. The van der Waals surface area contributed by atoms with Crippen LogP contribution >= 0.6 is 0 Å². The van der Waals surface area contributed by atoms with Gasteiger partial charge in [-0.1, -0.05) is 49.7 Å². The number of amides is 10. The van der Waals surface area contributed by atoms with Crippen molar-refractivity contribution in [3.63, 3.8) is 0 Å². The van der Waals surface area contributed by atoms with Gasteiger partial charge in [-0.25, -0.2) is 19.2 Å². The Bertz CT molecular complexity index is 2720. The van der Waals surface area contributed by atoms with E-state index in [4.69, 9.17) is 15.3 Å². The summed E-state index contributed by atoms with van der Waals surface area (Å²) in [6, 6.07) is 29.4. The highest BCUT2D eigenvalue weighted by atomic mass is 16.5. The van der Waals surface area contributed by atoms with E-state index < -0.39 is 6.03 Å². The molecule has 0 radical (unpaired) electrons. The van der Waals surface area contributed by atoms with Crippen LogP contribution in [0.2, 0.25) is 0 Å². The number of nitrogens with zero attached hydrogens (tertiary/aromatic N) is 5. The number of rotatable bonds is 18. The zero-order valence-corrected chi connectivity index (χ0v) is 45.4. The lowest BCUT2D eigenvalue weighted by atomic mass is 9.89. The van der Waals surface area contributed by atoms with Crippen molar-refractivity contribution in [2.45, 2.75) is 90.4 Å². The first-order valence-electron chi connectivity index (χ1n) is 27.4. The fourth-order valence-electron chi connectivity index (χ4n) is 9.46. The van der Waals surface area contributed by atoms with Gasteiger partial charge in [-0.05, 0) is 148 Å². The molecule has 3 saturated heterocycles. The van der Waals surface area contributed by atoms with Gasteiger partial charge in [0.25, 0.3) is 11.8 Å². The first-order valence-corrected chi connectivity index (χ1v) is 27.4. The van der Waals surface area contributed by atoms with Gasteiger partial charge in [0.1, 0.15) is 0 Å². The van der Waals surface area contributed by atoms with Gasteiger partial charge >= 0.3 is 24.1 Å². The van der Waals surface area contributed by atoms with Crippen molar-refractivity contribution >= 4 is 47.3 Å². The number of nitriles is 2. The van der Waals surface area contributed by atoms with Crippen molar-refractivity contribution in [3.8, 4) is 12.1 Å². The summed E-state index contributed by atoms with van der Waals surface area (Å²) < 4.78 is 5.26. The first-order chi connectivity index (χ1) is 37.8. The largest absolute Gasteiger partial charge is 0.378 e. The number of carbonyl (C=O) groups is 6. The molecule has 0 atom stereocenters. The molecule has 10 amide bonds. The maximum atomic E-state index is 13.2. The average molecular weight is 1070 g/mol. The summed E-state index contributed by atoms with van der Waals surface area (Å²) in [6.45, 7) is 13.2. The van der Waals surface area contributed by atoms with Gasteiger partial charge in [0.2, 0.25) is 0 Å². The third kappa shape index (κ3) is 18.5. The molecule has 0 aliphatic carbocycles. The fraction of sp³-hybridized carbons (Fsp3) is 0.458. The van der Waals surface area contributed by atoms with Crippen LogP contribution in [0.1, 0.15) is 131 Å². The summed E-state index contributed by atoms with van der Waals surface area (Å²) >= 11 is 0. The number of nitrogens with one attached hydrogen (secondary N) is 7. The first kappa shape index (κ1) is 59.1. The Labute approximate surface area is 458 Å². The standard InChI is InChI=1S/C31H40N6O4.C28H36N6O3/c1-23-5-8-27(29(38)36-15-11-26(12-16-36)25-9-6-24(22-32)7-10-25)21-28(23)35-30(39)33-13-3-2-4-14-34-31(40)37-17-19-41-20-18-37;1-3-4-13-30-27(36)31-14-15-32-28(37)33-25-18-24(8-5-20(25)2)26(35)34-16-11-23(12-17-34)22-9-6-21(19-29)7-10-22/h5-10,21,26H,2-4,11-20H2,1H3,(H,34,40)(H2,33,35,39);5-10,18,23H,3-4,11-17H2,1-2H3,(H2,30,31,36)(H2,32,33,37).